The molecule has 1 aromatic heterocycles. The lowest BCUT2D eigenvalue weighted by Crippen LogP contribution is -2.26. The minimum absolute atomic E-state index is 0.347. The summed E-state index contributed by atoms with van der Waals surface area (Å²) in [5.74, 6) is 0. The normalized spacial score (nSPS) is 12.6. The number of nitrogens with one attached hydrogen (secondary N) is 1. The molecule has 0 aliphatic carbocycles. The van der Waals surface area contributed by atoms with Gasteiger partial charge in [0.1, 0.15) is 0 Å². The maximum absolute atomic E-state index is 4.10. The molecule has 0 spiro atoms. The summed E-state index contributed by atoms with van der Waals surface area (Å²) < 4.78 is 2.12. The maximum Gasteiger partial charge on any atom is 0.0946 e. The fourth-order valence-corrected chi connectivity index (χ4v) is 2.01. The fourth-order valence-electron chi connectivity index (χ4n) is 2.01. The molecule has 1 N–H and O–H groups in total. The van der Waals surface area contributed by atoms with Gasteiger partial charge in [0, 0.05) is 18.9 Å². The van der Waals surface area contributed by atoms with Crippen LogP contribution in [0.2, 0.25) is 0 Å². The highest BCUT2D eigenvalue weighted by Crippen LogP contribution is 2.16. The first-order valence-electron chi connectivity index (χ1n) is 6.55. The lowest BCUT2D eigenvalue weighted by molar-refractivity contribution is 0.463. The summed E-state index contributed by atoms with van der Waals surface area (Å²) in [6, 6.07) is 9.10. The molecule has 1 atom stereocenters. The van der Waals surface area contributed by atoms with E-state index < -0.39 is 0 Å². The Balaban J connectivity index is 2.11. The summed E-state index contributed by atoms with van der Waals surface area (Å²) in [4.78, 5) is 4.10. The molecule has 2 rings (SSSR count). The van der Waals surface area contributed by atoms with E-state index in [1.807, 2.05) is 18.7 Å². The smallest absolute Gasteiger partial charge is 0.0946 e. The Hall–Kier alpha value is -1.61. The van der Waals surface area contributed by atoms with Crippen LogP contribution in [-0.4, -0.2) is 16.1 Å². The van der Waals surface area contributed by atoms with Gasteiger partial charge in [-0.15, -0.1) is 0 Å². The molecule has 1 unspecified atom stereocenters. The van der Waals surface area contributed by atoms with Crippen molar-refractivity contribution in [2.75, 3.05) is 6.54 Å². The van der Waals surface area contributed by atoms with Crippen molar-refractivity contribution >= 4 is 0 Å². The van der Waals surface area contributed by atoms with Gasteiger partial charge in [0.2, 0.25) is 0 Å². The molecular formula is C15H21N3. The van der Waals surface area contributed by atoms with E-state index in [0.29, 0.717) is 6.04 Å². The van der Waals surface area contributed by atoms with E-state index in [4.69, 9.17) is 0 Å². The summed E-state index contributed by atoms with van der Waals surface area (Å²) in [5.41, 5.74) is 2.64. The third-order valence-corrected chi connectivity index (χ3v) is 3.07. The number of hydrogen-bond acceptors (Lipinski definition) is 2. The molecule has 0 saturated heterocycles. The first kappa shape index (κ1) is 12.8. The van der Waals surface area contributed by atoms with Gasteiger partial charge in [-0.25, -0.2) is 4.98 Å². The molecule has 96 valence electrons. The van der Waals surface area contributed by atoms with Crippen molar-refractivity contribution in [2.24, 2.45) is 0 Å². The number of aryl methyl sites for hydroxylation is 1. The van der Waals surface area contributed by atoms with Crippen LogP contribution in [0, 0.1) is 6.92 Å². The molecule has 1 aromatic carbocycles. The first-order chi connectivity index (χ1) is 8.79. The van der Waals surface area contributed by atoms with Crippen LogP contribution in [0.25, 0.3) is 0 Å². The van der Waals surface area contributed by atoms with Crippen molar-refractivity contribution in [3.8, 4) is 0 Å². The van der Waals surface area contributed by atoms with Crippen LogP contribution in [-0.2, 0) is 6.54 Å². The second-order valence-electron chi connectivity index (χ2n) is 4.68. The predicted molar refractivity (Wildman–Crippen MR) is 74.4 cm³/mol. The molecule has 0 fully saturated rings. The lowest BCUT2D eigenvalue weighted by Gasteiger charge is -2.19. The van der Waals surface area contributed by atoms with Gasteiger partial charge >= 0.3 is 0 Å². The van der Waals surface area contributed by atoms with Crippen molar-refractivity contribution in [3.05, 3.63) is 54.1 Å². The number of aromatic nitrogens is 2. The molecule has 1 heterocycles. The van der Waals surface area contributed by atoms with Crippen molar-refractivity contribution in [1.82, 2.24) is 14.9 Å². The number of benzene rings is 1. The molecule has 0 amide bonds. The van der Waals surface area contributed by atoms with Crippen molar-refractivity contribution < 1.29 is 0 Å². The van der Waals surface area contributed by atoms with Gasteiger partial charge < -0.3 is 9.88 Å². The molecule has 0 radical (unpaired) electrons. The van der Waals surface area contributed by atoms with Crippen molar-refractivity contribution in [3.63, 3.8) is 0 Å². The van der Waals surface area contributed by atoms with Crippen LogP contribution in [0.3, 0.4) is 0 Å². The van der Waals surface area contributed by atoms with Gasteiger partial charge in [0.05, 0.1) is 12.4 Å². The quantitative estimate of drug-likeness (QED) is 0.845. The Morgan fingerprint density at radius 3 is 2.67 bits per heavy atom. The molecule has 2 aromatic rings. The minimum atomic E-state index is 0.347. The SMILES string of the molecule is CCCNC(Cn1ccnc1)c1ccc(C)cc1. The zero-order valence-electron chi connectivity index (χ0n) is 11.1. The third kappa shape index (κ3) is 3.44. The number of imidazole rings is 1. The molecule has 18 heavy (non-hydrogen) atoms. The standard InChI is InChI=1S/C15H21N3/c1-3-8-17-15(11-18-10-9-16-12-18)14-6-4-13(2)5-7-14/h4-7,9-10,12,15,17H,3,8,11H2,1-2H3. The van der Waals surface area contributed by atoms with Gasteiger partial charge in [-0.2, -0.15) is 0 Å². The second-order valence-corrected chi connectivity index (χ2v) is 4.68. The highest BCUT2D eigenvalue weighted by molar-refractivity contribution is 5.24. The number of nitrogens with zero attached hydrogens (tertiary/aromatic N) is 2. The highest BCUT2D eigenvalue weighted by Gasteiger charge is 2.10. The second kappa shape index (κ2) is 6.36. The summed E-state index contributed by atoms with van der Waals surface area (Å²) in [6.07, 6.45) is 6.85. The number of hydrogen-bond donors (Lipinski definition) is 1. The van der Waals surface area contributed by atoms with Gasteiger partial charge in [0.25, 0.3) is 0 Å². The zero-order chi connectivity index (χ0) is 12.8. The largest absolute Gasteiger partial charge is 0.336 e. The van der Waals surface area contributed by atoms with Crippen LogP contribution >= 0.6 is 0 Å². The molecule has 3 nitrogen and oxygen atoms in total. The Bertz CT molecular complexity index is 445. The molecule has 0 saturated carbocycles. The Labute approximate surface area is 109 Å². The van der Waals surface area contributed by atoms with E-state index in [-0.39, 0.29) is 0 Å². The molecular weight excluding hydrogens is 222 g/mol. The lowest BCUT2D eigenvalue weighted by atomic mass is 10.0. The Morgan fingerprint density at radius 1 is 1.28 bits per heavy atom. The summed E-state index contributed by atoms with van der Waals surface area (Å²) in [6.45, 7) is 6.26. The van der Waals surface area contributed by atoms with Crippen LogP contribution in [0.1, 0.15) is 30.5 Å². The van der Waals surface area contributed by atoms with Crippen LogP contribution < -0.4 is 5.32 Å². The summed E-state index contributed by atoms with van der Waals surface area (Å²) in [7, 11) is 0. The van der Waals surface area contributed by atoms with Crippen LogP contribution in [0.4, 0.5) is 0 Å². The van der Waals surface area contributed by atoms with Gasteiger partial charge in [-0.05, 0) is 25.5 Å². The van der Waals surface area contributed by atoms with E-state index in [9.17, 15) is 0 Å². The molecule has 0 aliphatic rings. The maximum atomic E-state index is 4.10. The third-order valence-electron chi connectivity index (χ3n) is 3.07. The molecule has 0 bridgehead atoms. The summed E-state index contributed by atoms with van der Waals surface area (Å²) in [5, 5.41) is 3.59. The van der Waals surface area contributed by atoms with Gasteiger partial charge in [-0.3, -0.25) is 0 Å². The average molecular weight is 243 g/mol. The fraction of sp³-hybridized carbons (Fsp3) is 0.400. The number of rotatable bonds is 6. The Kier molecular flexibility index (Phi) is 4.53. The molecule has 3 heteroatoms. The van der Waals surface area contributed by atoms with Crippen LogP contribution in [0.15, 0.2) is 43.0 Å². The topological polar surface area (TPSA) is 29.9 Å². The van der Waals surface area contributed by atoms with Gasteiger partial charge in [-0.1, -0.05) is 36.8 Å². The first-order valence-corrected chi connectivity index (χ1v) is 6.55. The van der Waals surface area contributed by atoms with Crippen molar-refractivity contribution in [2.45, 2.75) is 32.9 Å². The van der Waals surface area contributed by atoms with Crippen molar-refractivity contribution in [1.29, 1.82) is 0 Å². The van der Waals surface area contributed by atoms with E-state index >= 15 is 0 Å². The zero-order valence-corrected chi connectivity index (χ0v) is 11.1. The van der Waals surface area contributed by atoms with E-state index in [0.717, 1.165) is 19.5 Å². The van der Waals surface area contributed by atoms with E-state index in [2.05, 4.69) is 53.0 Å². The van der Waals surface area contributed by atoms with E-state index in [1.54, 1.807) is 0 Å². The van der Waals surface area contributed by atoms with E-state index in [1.165, 1.54) is 11.1 Å². The minimum Gasteiger partial charge on any atom is -0.336 e. The summed E-state index contributed by atoms with van der Waals surface area (Å²) >= 11 is 0. The average Bonchev–Trinajstić information content (AvgIpc) is 2.88. The Morgan fingerprint density at radius 2 is 2.06 bits per heavy atom. The highest BCUT2D eigenvalue weighted by atomic mass is 15.1. The van der Waals surface area contributed by atoms with Gasteiger partial charge in [0.15, 0.2) is 0 Å². The monoisotopic (exact) mass is 243 g/mol. The predicted octanol–water partition coefficient (Wildman–Crippen LogP) is 2.93. The molecule has 0 aliphatic heterocycles. The van der Waals surface area contributed by atoms with Crippen LogP contribution in [0.5, 0.6) is 0 Å².